The monoisotopic (exact) mass is 297 g/mol. The van der Waals surface area contributed by atoms with Crippen LogP contribution in [0.4, 0.5) is 0 Å². The molecule has 0 fully saturated rings. The van der Waals surface area contributed by atoms with E-state index in [1.54, 1.807) is 31.3 Å². The maximum atomic E-state index is 12.2. The molecule has 2 aromatic heterocycles. The average Bonchev–Trinajstić information content (AvgIpc) is 2.55. The lowest BCUT2D eigenvalue weighted by atomic mass is 10.0. The Morgan fingerprint density at radius 2 is 2.27 bits per heavy atom. The summed E-state index contributed by atoms with van der Waals surface area (Å²) in [4.78, 5) is 32.9. The zero-order chi connectivity index (χ0) is 15.5. The van der Waals surface area contributed by atoms with Gasteiger partial charge in [-0.05, 0) is 25.1 Å². The number of ether oxygens (including phenoxy) is 1. The summed E-state index contributed by atoms with van der Waals surface area (Å²) in [5, 5.41) is 2.75. The maximum Gasteiger partial charge on any atom is 0.340 e. The van der Waals surface area contributed by atoms with Gasteiger partial charge in [0, 0.05) is 19.2 Å². The van der Waals surface area contributed by atoms with Crippen LogP contribution in [0.3, 0.4) is 0 Å². The number of carbonyl (C=O) groups excluding carboxylic acids is 2. The third-order valence-electron chi connectivity index (χ3n) is 3.40. The first kappa shape index (κ1) is 14.2. The number of hydrogen-bond acceptors (Lipinski definition) is 5. The molecule has 112 valence electrons. The van der Waals surface area contributed by atoms with E-state index in [4.69, 9.17) is 4.74 Å². The number of nitrogens with one attached hydrogen (secondary N) is 1. The van der Waals surface area contributed by atoms with E-state index in [0.717, 1.165) is 0 Å². The number of rotatable bonds is 3. The van der Waals surface area contributed by atoms with E-state index in [2.05, 4.69) is 15.3 Å². The van der Waals surface area contributed by atoms with Crippen LogP contribution in [-0.2, 0) is 11.2 Å². The number of carbonyl (C=O) groups is 2. The van der Waals surface area contributed by atoms with E-state index in [1.165, 1.54) is 0 Å². The fourth-order valence-corrected chi connectivity index (χ4v) is 2.39. The molecule has 0 radical (unpaired) electrons. The summed E-state index contributed by atoms with van der Waals surface area (Å²) in [5.41, 5.74) is 2.40. The number of esters is 1. The molecule has 0 aliphatic carbocycles. The average molecular weight is 297 g/mol. The number of fused-ring (bicyclic) bond motifs is 1. The van der Waals surface area contributed by atoms with Crippen molar-refractivity contribution in [3.8, 4) is 11.4 Å². The van der Waals surface area contributed by atoms with Crippen molar-refractivity contribution in [2.45, 2.75) is 13.3 Å². The molecular weight excluding hydrogens is 282 g/mol. The van der Waals surface area contributed by atoms with Crippen molar-refractivity contribution in [2.24, 2.45) is 0 Å². The Labute approximate surface area is 127 Å². The molecule has 3 heterocycles. The highest BCUT2D eigenvalue weighted by Crippen LogP contribution is 2.25. The third-order valence-corrected chi connectivity index (χ3v) is 3.40. The first-order valence-electron chi connectivity index (χ1n) is 7.11. The van der Waals surface area contributed by atoms with Crippen molar-refractivity contribution in [1.29, 1.82) is 0 Å². The second kappa shape index (κ2) is 5.93. The quantitative estimate of drug-likeness (QED) is 0.870. The molecule has 0 atom stereocenters. The van der Waals surface area contributed by atoms with Gasteiger partial charge in [-0.25, -0.2) is 9.78 Å². The summed E-state index contributed by atoms with van der Waals surface area (Å²) in [6, 6.07) is 6.95. The molecular formula is C16H15N3O3. The van der Waals surface area contributed by atoms with Gasteiger partial charge < -0.3 is 10.1 Å². The molecule has 1 aliphatic rings. The zero-order valence-electron chi connectivity index (χ0n) is 12.1. The highest BCUT2D eigenvalue weighted by Gasteiger charge is 2.25. The molecule has 0 aromatic carbocycles. The Bertz CT molecular complexity index is 729. The van der Waals surface area contributed by atoms with Crippen molar-refractivity contribution in [1.82, 2.24) is 15.3 Å². The highest BCUT2D eigenvalue weighted by molar-refractivity contribution is 6.02. The SMILES string of the molecule is CCOC(=O)c1cc2c(nc1-c1ccccn1)CCNC2=O. The van der Waals surface area contributed by atoms with Crippen LogP contribution < -0.4 is 5.32 Å². The number of amides is 1. The van der Waals surface area contributed by atoms with Crippen LogP contribution in [0.15, 0.2) is 30.5 Å². The lowest BCUT2D eigenvalue weighted by Gasteiger charge is -2.18. The van der Waals surface area contributed by atoms with E-state index < -0.39 is 5.97 Å². The maximum absolute atomic E-state index is 12.2. The molecule has 0 spiro atoms. The third kappa shape index (κ3) is 2.55. The molecule has 0 bridgehead atoms. The van der Waals surface area contributed by atoms with Gasteiger partial charge in [-0.15, -0.1) is 0 Å². The summed E-state index contributed by atoms with van der Waals surface area (Å²) in [7, 11) is 0. The van der Waals surface area contributed by atoms with Gasteiger partial charge >= 0.3 is 5.97 Å². The Kier molecular flexibility index (Phi) is 3.82. The summed E-state index contributed by atoms with van der Waals surface area (Å²) in [6.45, 7) is 2.53. The van der Waals surface area contributed by atoms with E-state index in [-0.39, 0.29) is 18.1 Å². The van der Waals surface area contributed by atoms with Gasteiger partial charge in [0.2, 0.25) is 0 Å². The first-order valence-corrected chi connectivity index (χ1v) is 7.11. The molecule has 1 N–H and O–H groups in total. The molecule has 22 heavy (non-hydrogen) atoms. The lowest BCUT2D eigenvalue weighted by molar-refractivity contribution is 0.0527. The number of hydrogen-bond donors (Lipinski definition) is 1. The van der Waals surface area contributed by atoms with Gasteiger partial charge in [0.25, 0.3) is 5.91 Å². The fourth-order valence-electron chi connectivity index (χ4n) is 2.39. The first-order chi connectivity index (χ1) is 10.7. The van der Waals surface area contributed by atoms with Crippen LogP contribution in [0, 0.1) is 0 Å². The highest BCUT2D eigenvalue weighted by atomic mass is 16.5. The van der Waals surface area contributed by atoms with Gasteiger partial charge in [0.15, 0.2) is 0 Å². The molecule has 0 unspecified atom stereocenters. The van der Waals surface area contributed by atoms with Crippen LogP contribution >= 0.6 is 0 Å². The minimum Gasteiger partial charge on any atom is -0.462 e. The number of aromatic nitrogens is 2. The van der Waals surface area contributed by atoms with E-state index in [1.807, 2.05) is 6.07 Å². The molecule has 1 aliphatic heterocycles. The Hall–Kier alpha value is -2.76. The van der Waals surface area contributed by atoms with Crippen molar-refractivity contribution in [3.05, 3.63) is 47.3 Å². The minimum absolute atomic E-state index is 0.216. The Morgan fingerprint density at radius 3 is 3.00 bits per heavy atom. The molecule has 0 saturated carbocycles. The number of nitrogens with zero attached hydrogens (tertiary/aromatic N) is 2. The second-order valence-electron chi connectivity index (χ2n) is 4.82. The van der Waals surface area contributed by atoms with Crippen molar-refractivity contribution in [2.75, 3.05) is 13.2 Å². The van der Waals surface area contributed by atoms with Crippen LogP contribution in [-0.4, -0.2) is 35.0 Å². The topological polar surface area (TPSA) is 81.2 Å². The van der Waals surface area contributed by atoms with Crippen molar-refractivity contribution < 1.29 is 14.3 Å². The molecule has 3 rings (SSSR count). The normalized spacial score (nSPS) is 13.2. The predicted molar refractivity (Wildman–Crippen MR) is 79.5 cm³/mol. The Balaban J connectivity index is 2.18. The number of pyridine rings is 2. The van der Waals surface area contributed by atoms with Crippen LogP contribution in [0.25, 0.3) is 11.4 Å². The standard InChI is InChI=1S/C16H15N3O3/c1-2-22-16(21)11-9-10-12(6-8-18-15(10)20)19-14(11)13-5-3-4-7-17-13/h3-5,7,9H,2,6,8H2,1H3,(H,18,20). The molecule has 2 aromatic rings. The van der Waals surface area contributed by atoms with Crippen LogP contribution in [0.5, 0.6) is 0 Å². The summed E-state index contributed by atoms with van der Waals surface area (Å²) in [5.74, 6) is -0.719. The van der Waals surface area contributed by atoms with E-state index in [0.29, 0.717) is 35.6 Å². The summed E-state index contributed by atoms with van der Waals surface area (Å²) < 4.78 is 5.08. The molecule has 0 saturated heterocycles. The summed E-state index contributed by atoms with van der Waals surface area (Å²) >= 11 is 0. The van der Waals surface area contributed by atoms with Gasteiger partial charge in [-0.1, -0.05) is 6.07 Å². The van der Waals surface area contributed by atoms with Crippen LogP contribution in [0.1, 0.15) is 33.3 Å². The molecule has 1 amide bonds. The van der Waals surface area contributed by atoms with Crippen molar-refractivity contribution >= 4 is 11.9 Å². The van der Waals surface area contributed by atoms with Crippen molar-refractivity contribution in [3.63, 3.8) is 0 Å². The minimum atomic E-state index is -0.503. The van der Waals surface area contributed by atoms with Gasteiger partial charge in [0.1, 0.15) is 5.69 Å². The van der Waals surface area contributed by atoms with Gasteiger partial charge in [0.05, 0.1) is 29.1 Å². The molecule has 6 nitrogen and oxygen atoms in total. The van der Waals surface area contributed by atoms with Gasteiger partial charge in [-0.2, -0.15) is 0 Å². The second-order valence-corrected chi connectivity index (χ2v) is 4.82. The summed E-state index contributed by atoms with van der Waals surface area (Å²) in [6.07, 6.45) is 2.27. The largest absolute Gasteiger partial charge is 0.462 e. The zero-order valence-corrected chi connectivity index (χ0v) is 12.1. The van der Waals surface area contributed by atoms with E-state index >= 15 is 0 Å². The van der Waals surface area contributed by atoms with Gasteiger partial charge in [-0.3, -0.25) is 9.78 Å². The lowest BCUT2D eigenvalue weighted by Crippen LogP contribution is -2.33. The molecule has 6 heteroatoms. The predicted octanol–water partition coefficient (Wildman–Crippen LogP) is 1.61. The smallest absolute Gasteiger partial charge is 0.340 e. The fraction of sp³-hybridized carbons (Fsp3) is 0.250. The van der Waals surface area contributed by atoms with E-state index in [9.17, 15) is 9.59 Å². The Morgan fingerprint density at radius 1 is 1.41 bits per heavy atom. The van der Waals surface area contributed by atoms with Crippen LogP contribution in [0.2, 0.25) is 0 Å².